The van der Waals surface area contributed by atoms with Crippen LogP contribution in [0.15, 0.2) is 18.2 Å². The number of likely N-dealkylation sites (tertiary alicyclic amines) is 1. The first kappa shape index (κ1) is 14.4. The third-order valence-corrected chi connectivity index (χ3v) is 5.62. The van der Waals surface area contributed by atoms with Crippen LogP contribution in [0.2, 0.25) is 0 Å². The molecule has 20 heavy (non-hydrogen) atoms. The van der Waals surface area contributed by atoms with Gasteiger partial charge in [-0.3, -0.25) is 4.90 Å². The van der Waals surface area contributed by atoms with Crippen molar-refractivity contribution in [2.24, 2.45) is 0 Å². The van der Waals surface area contributed by atoms with Crippen LogP contribution in [-0.4, -0.2) is 23.5 Å². The minimum absolute atomic E-state index is 0.129. The van der Waals surface area contributed by atoms with E-state index in [0.717, 1.165) is 6.54 Å². The minimum Gasteiger partial charge on any atom is -0.296 e. The van der Waals surface area contributed by atoms with Crippen molar-refractivity contribution in [2.75, 3.05) is 6.54 Å². The summed E-state index contributed by atoms with van der Waals surface area (Å²) in [6.45, 7) is 5.69. The van der Waals surface area contributed by atoms with Crippen LogP contribution in [0.1, 0.15) is 61.6 Å². The molecule has 1 heterocycles. The Kier molecular flexibility index (Phi) is 4.37. The summed E-state index contributed by atoms with van der Waals surface area (Å²) in [4.78, 5) is 2.61. The number of aryl methyl sites for hydroxylation is 2. The summed E-state index contributed by atoms with van der Waals surface area (Å²) < 4.78 is 0. The van der Waals surface area contributed by atoms with Gasteiger partial charge in [0.2, 0.25) is 0 Å². The average molecular weight is 292 g/mol. The van der Waals surface area contributed by atoms with Gasteiger partial charge >= 0.3 is 0 Å². The minimum atomic E-state index is 0.129. The molecule has 110 valence electrons. The number of hydrogen-bond acceptors (Lipinski definition) is 1. The zero-order chi connectivity index (χ0) is 14.1. The number of hydrogen-bond donors (Lipinski definition) is 0. The Bertz CT molecular complexity index is 460. The van der Waals surface area contributed by atoms with E-state index >= 15 is 0 Å². The second-order valence-corrected chi connectivity index (χ2v) is 7.20. The Hall–Kier alpha value is -0.530. The number of benzene rings is 1. The highest BCUT2D eigenvalue weighted by atomic mass is 35.5. The van der Waals surface area contributed by atoms with Crippen LogP contribution >= 0.6 is 11.6 Å². The lowest BCUT2D eigenvalue weighted by Gasteiger charge is -2.40. The molecule has 0 amide bonds. The lowest BCUT2D eigenvalue weighted by molar-refractivity contribution is 0.103. The molecule has 1 aromatic carbocycles. The van der Waals surface area contributed by atoms with E-state index in [1.54, 1.807) is 0 Å². The molecule has 1 fully saturated rings. The highest BCUT2D eigenvalue weighted by Gasteiger charge is 2.27. The Morgan fingerprint density at radius 2 is 1.80 bits per heavy atom. The number of rotatable bonds is 3. The molecule has 3 atom stereocenters. The van der Waals surface area contributed by atoms with Gasteiger partial charge in [0.1, 0.15) is 0 Å². The van der Waals surface area contributed by atoms with Crippen molar-refractivity contribution < 1.29 is 0 Å². The summed E-state index contributed by atoms with van der Waals surface area (Å²) in [6, 6.07) is 8.26. The van der Waals surface area contributed by atoms with E-state index in [2.05, 4.69) is 36.9 Å². The Morgan fingerprint density at radius 3 is 2.55 bits per heavy atom. The Morgan fingerprint density at radius 1 is 1.10 bits per heavy atom. The molecule has 1 saturated heterocycles. The number of nitrogens with zero attached hydrogens (tertiary/aromatic N) is 1. The van der Waals surface area contributed by atoms with Gasteiger partial charge < -0.3 is 0 Å². The maximum absolute atomic E-state index is 6.73. The quantitative estimate of drug-likeness (QED) is 0.729. The van der Waals surface area contributed by atoms with Crippen LogP contribution in [0.3, 0.4) is 0 Å². The molecule has 1 aromatic rings. The highest BCUT2D eigenvalue weighted by molar-refractivity contribution is 6.21. The third kappa shape index (κ3) is 2.89. The number of alkyl halides is 1. The zero-order valence-corrected chi connectivity index (χ0v) is 13.5. The molecular weight excluding hydrogens is 266 g/mol. The van der Waals surface area contributed by atoms with Crippen LogP contribution < -0.4 is 0 Å². The van der Waals surface area contributed by atoms with Crippen molar-refractivity contribution in [3.8, 4) is 0 Å². The van der Waals surface area contributed by atoms with Crippen LogP contribution in [0.5, 0.6) is 0 Å². The van der Waals surface area contributed by atoms with E-state index in [-0.39, 0.29) is 5.38 Å². The molecule has 0 radical (unpaired) electrons. The largest absolute Gasteiger partial charge is 0.296 e. The van der Waals surface area contributed by atoms with Crippen molar-refractivity contribution in [3.63, 3.8) is 0 Å². The van der Waals surface area contributed by atoms with Gasteiger partial charge in [0.15, 0.2) is 0 Å². The first-order valence-electron chi connectivity index (χ1n) is 8.16. The molecule has 3 unspecified atom stereocenters. The Labute approximate surface area is 128 Å². The molecular formula is C18H26ClN. The maximum Gasteiger partial charge on any atom is 0.0712 e. The van der Waals surface area contributed by atoms with Gasteiger partial charge in [-0.2, -0.15) is 0 Å². The molecule has 2 aliphatic rings. The average Bonchev–Trinajstić information content (AvgIpc) is 2.90. The van der Waals surface area contributed by atoms with E-state index in [1.807, 2.05) is 0 Å². The summed E-state index contributed by atoms with van der Waals surface area (Å²) in [5.41, 5.74) is 4.39. The molecule has 0 saturated carbocycles. The summed E-state index contributed by atoms with van der Waals surface area (Å²) in [6.07, 6.45) is 7.80. The van der Waals surface area contributed by atoms with Crippen LogP contribution in [-0.2, 0) is 12.8 Å². The van der Waals surface area contributed by atoms with Gasteiger partial charge in [-0.05, 0) is 62.6 Å². The first-order valence-corrected chi connectivity index (χ1v) is 8.60. The van der Waals surface area contributed by atoms with Gasteiger partial charge in [-0.1, -0.05) is 24.6 Å². The monoisotopic (exact) mass is 291 g/mol. The molecule has 0 spiro atoms. The van der Waals surface area contributed by atoms with E-state index in [1.165, 1.54) is 55.2 Å². The molecule has 1 aliphatic carbocycles. The fourth-order valence-corrected chi connectivity index (χ4v) is 4.21. The molecule has 0 aromatic heterocycles. The maximum atomic E-state index is 6.73. The van der Waals surface area contributed by atoms with Gasteiger partial charge in [0, 0.05) is 18.6 Å². The van der Waals surface area contributed by atoms with E-state index in [0.29, 0.717) is 12.1 Å². The normalized spacial score (nSPS) is 28.4. The van der Waals surface area contributed by atoms with Gasteiger partial charge in [-0.25, -0.2) is 0 Å². The Balaban J connectivity index is 1.70. The third-order valence-electron chi connectivity index (χ3n) is 5.23. The summed E-state index contributed by atoms with van der Waals surface area (Å²) in [5, 5.41) is 0.129. The lowest BCUT2D eigenvalue weighted by Crippen LogP contribution is -2.45. The second kappa shape index (κ2) is 6.07. The number of halogens is 1. The first-order chi connectivity index (χ1) is 9.65. The predicted molar refractivity (Wildman–Crippen MR) is 86.5 cm³/mol. The highest BCUT2D eigenvalue weighted by Crippen LogP contribution is 2.31. The van der Waals surface area contributed by atoms with Gasteiger partial charge in [0.05, 0.1) is 5.38 Å². The van der Waals surface area contributed by atoms with E-state index in [9.17, 15) is 0 Å². The molecule has 1 aliphatic heterocycles. The number of piperidine rings is 1. The molecule has 3 rings (SSSR count). The van der Waals surface area contributed by atoms with Crippen molar-refractivity contribution in [3.05, 3.63) is 34.9 Å². The fraction of sp³-hybridized carbons (Fsp3) is 0.667. The topological polar surface area (TPSA) is 3.24 Å². The molecule has 1 nitrogen and oxygen atoms in total. The van der Waals surface area contributed by atoms with Gasteiger partial charge in [0.25, 0.3) is 0 Å². The standard InChI is InChI=1S/C18H26ClN/c1-13-5-3-6-14(2)20(13)12-18(19)17-10-9-15-7-4-8-16(15)11-17/h9-11,13-14,18H,3-8,12H2,1-2H3. The van der Waals surface area contributed by atoms with Crippen molar-refractivity contribution >= 4 is 11.6 Å². The van der Waals surface area contributed by atoms with Crippen LogP contribution in [0.4, 0.5) is 0 Å². The van der Waals surface area contributed by atoms with Crippen molar-refractivity contribution in [1.82, 2.24) is 4.90 Å². The molecule has 0 bridgehead atoms. The summed E-state index contributed by atoms with van der Waals surface area (Å²) in [7, 11) is 0. The summed E-state index contributed by atoms with van der Waals surface area (Å²) >= 11 is 6.73. The van der Waals surface area contributed by atoms with E-state index in [4.69, 9.17) is 11.6 Å². The van der Waals surface area contributed by atoms with Crippen molar-refractivity contribution in [1.29, 1.82) is 0 Å². The predicted octanol–water partition coefficient (Wildman–Crippen LogP) is 4.72. The fourth-order valence-electron chi connectivity index (χ4n) is 3.91. The zero-order valence-electron chi connectivity index (χ0n) is 12.7. The lowest BCUT2D eigenvalue weighted by atomic mass is 9.96. The smallest absolute Gasteiger partial charge is 0.0712 e. The summed E-state index contributed by atoms with van der Waals surface area (Å²) in [5.74, 6) is 0. The van der Waals surface area contributed by atoms with E-state index < -0.39 is 0 Å². The number of fused-ring (bicyclic) bond motifs is 1. The van der Waals surface area contributed by atoms with Crippen LogP contribution in [0, 0.1) is 0 Å². The van der Waals surface area contributed by atoms with Crippen molar-refractivity contribution in [2.45, 2.75) is 69.8 Å². The van der Waals surface area contributed by atoms with Gasteiger partial charge in [-0.15, -0.1) is 11.6 Å². The second-order valence-electron chi connectivity index (χ2n) is 6.67. The SMILES string of the molecule is CC1CCCC(C)N1CC(Cl)c1ccc2c(c1)CCC2. The van der Waals surface area contributed by atoms with Crippen LogP contribution in [0.25, 0.3) is 0 Å². The molecule has 2 heteroatoms. The molecule has 0 N–H and O–H groups in total.